The molecule has 6 unspecified atom stereocenters. The van der Waals surface area contributed by atoms with Gasteiger partial charge in [0, 0.05) is 39.6 Å². The number of carbonyl (C=O) groups is 2. The topological polar surface area (TPSA) is 229 Å². The maximum absolute atomic E-state index is 12.6. The number of aliphatic hydroxyl groups excluding tert-OH is 6. The largest absolute Gasteiger partial charge is 0.460 e. The Morgan fingerprint density at radius 1 is 0.422 bits per heavy atom. The Kier molecular flexibility index (Phi) is 44.5. The summed E-state index contributed by atoms with van der Waals surface area (Å²) in [7, 11) is 5.66. The molecule has 0 saturated carbocycles. The van der Waals surface area contributed by atoms with E-state index in [1.807, 2.05) is 41.9 Å². The van der Waals surface area contributed by atoms with Gasteiger partial charge in [-0.25, -0.2) is 0 Å². The SMILES string of the molecule is C.C.CCCC(O)COCCCOCC(O)C[N+](C)(C)CCOC(=O)CCC(=O)OCC[N+](C)(CC(O)COCCCOCC(O)CCC)CC(O)COCCCOCC(O)CCC. The molecule has 0 aromatic rings. The first-order chi connectivity index (χ1) is 29.5. The Bertz CT molecular complexity index is 1030. The van der Waals surface area contributed by atoms with Crippen molar-refractivity contribution >= 4 is 11.9 Å². The van der Waals surface area contributed by atoms with Crippen LogP contribution in [0, 0.1) is 0 Å². The van der Waals surface area contributed by atoms with E-state index >= 15 is 0 Å². The molecule has 18 nitrogen and oxygen atoms in total. The van der Waals surface area contributed by atoms with Gasteiger partial charge >= 0.3 is 11.9 Å². The standard InChI is InChI=1S/C44H90N2O16.2CH4/c1-7-13-37(47)31-55-20-10-23-58-34-40(50)28-45(4,5)18-26-61-43(53)16-17-44(54)62-27-19-46(6,29-41(51)35-59-24-11-21-56-32-38(48)14-8-2)30-42(52)36-60-25-12-22-57-33-39(49)15-9-3;;/h37-42,47-52H,7-36H2,1-6H3;2*1H4/q+2;;. The van der Waals surface area contributed by atoms with Crippen molar-refractivity contribution in [3.05, 3.63) is 0 Å². The van der Waals surface area contributed by atoms with E-state index in [1.165, 1.54) is 0 Å². The highest BCUT2D eigenvalue weighted by atomic mass is 16.5. The van der Waals surface area contributed by atoms with E-state index in [0.29, 0.717) is 102 Å². The van der Waals surface area contributed by atoms with Gasteiger partial charge in [0.2, 0.25) is 0 Å². The average molecular weight is 935 g/mol. The fraction of sp³-hybridized carbons (Fsp3) is 0.957. The van der Waals surface area contributed by atoms with Gasteiger partial charge in [-0.05, 0) is 38.5 Å². The third-order valence-electron chi connectivity index (χ3n) is 9.85. The minimum absolute atomic E-state index is 0. The summed E-state index contributed by atoms with van der Waals surface area (Å²) in [5, 5.41) is 61.5. The molecule has 0 fully saturated rings. The van der Waals surface area contributed by atoms with Crippen LogP contribution in [0.15, 0.2) is 0 Å². The number of nitrogens with zero attached hydrogens (tertiary/aromatic N) is 2. The first-order valence-corrected chi connectivity index (χ1v) is 23.1. The number of ether oxygens (including phenoxy) is 8. The number of hydrogen-bond donors (Lipinski definition) is 6. The molecule has 0 heterocycles. The average Bonchev–Trinajstić information content (AvgIpc) is 3.18. The van der Waals surface area contributed by atoms with Gasteiger partial charge in [-0.3, -0.25) is 9.59 Å². The molecule has 0 rings (SSSR count). The molecule has 6 atom stereocenters. The second kappa shape index (κ2) is 42.7. The summed E-state index contributed by atoms with van der Waals surface area (Å²) in [6, 6.07) is 0. The summed E-state index contributed by atoms with van der Waals surface area (Å²) in [6.45, 7) is 11.2. The number of likely N-dealkylation sites (N-methyl/N-ethyl adjacent to an activating group) is 2. The van der Waals surface area contributed by atoms with E-state index in [9.17, 15) is 40.2 Å². The molecule has 0 aromatic heterocycles. The quantitative estimate of drug-likeness (QED) is 0.0293. The van der Waals surface area contributed by atoms with Crippen LogP contribution in [0.3, 0.4) is 0 Å². The highest BCUT2D eigenvalue weighted by Crippen LogP contribution is 2.10. The fourth-order valence-corrected chi connectivity index (χ4v) is 6.58. The number of aliphatic hydroxyl groups is 6. The van der Waals surface area contributed by atoms with Gasteiger partial charge in [-0.2, -0.15) is 0 Å². The van der Waals surface area contributed by atoms with Crippen molar-refractivity contribution in [1.82, 2.24) is 0 Å². The first kappa shape index (κ1) is 66.7. The van der Waals surface area contributed by atoms with Gasteiger partial charge in [0.1, 0.15) is 64.2 Å². The summed E-state index contributed by atoms with van der Waals surface area (Å²) in [4.78, 5) is 25.0. The Morgan fingerprint density at radius 3 is 1.02 bits per heavy atom. The van der Waals surface area contributed by atoms with Gasteiger partial charge in [0.25, 0.3) is 0 Å². The van der Waals surface area contributed by atoms with Crippen LogP contribution in [-0.2, 0) is 47.5 Å². The van der Waals surface area contributed by atoms with E-state index in [0.717, 1.165) is 19.3 Å². The number of quaternary nitrogens is 2. The summed E-state index contributed by atoms with van der Waals surface area (Å²) < 4.78 is 44.6. The highest BCUT2D eigenvalue weighted by molar-refractivity contribution is 5.77. The van der Waals surface area contributed by atoms with Crippen LogP contribution in [0.4, 0.5) is 0 Å². The van der Waals surface area contributed by atoms with Crippen LogP contribution in [0.2, 0.25) is 0 Å². The lowest BCUT2D eigenvalue weighted by Crippen LogP contribution is -2.55. The molecule has 0 saturated heterocycles. The highest BCUT2D eigenvalue weighted by Gasteiger charge is 2.30. The molecule has 0 aliphatic heterocycles. The third kappa shape index (κ3) is 41.8. The van der Waals surface area contributed by atoms with E-state index in [4.69, 9.17) is 37.9 Å². The lowest BCUT2D eigenvalue weighted by molar-refractivity contribution is -0.915. The molecule has 64 heavy (non-hydrogen) atoms. The zero-order valence-electron chi connectivity index (χ0n) is 39.3. The van der Waals surface area contributed by atoms with Crippen LogP contribution < -0.4 is 0 Å². The summed E-state index contributed by atoms with van der Waals surface area (Å²) in [5.74, 6) is -1.11. The third-order valence-corrected chi connectivity index (χ3v) is 9.85. The van der Waals surface area contributed by atoms with Gasteiger partial charge in [-0.1, -0.05) is 54.9 Å². The maximum atomic E-state index is 12.6. The predicted octanol–water partition coefficient (Wildman–Crippen LogP) is 2.48. The van der Waals surface area contributed by atoms with Crippen molar-refractivity contribution in [2.75, 3.05) is 146 Å². The van der Waals surface area contributed by atoms with Crippen molar-refractivity contribution in [1.29, 1.82) is 0 Å². The minimum atomic E-state index is -0.876. The fourth-order valence-electron chi connectivity index (χ4n) is 6.58. The maximum Gasteiger partial charge on any atom is 0.306 e. The van der Waals surface area contributed by atoms with Crippen LogP contribution in [-0.4, -0.2) is 235 Å². The molecule has 18 heteroatoms. The van der Waals surface area contributed by atoms with E-state index in [2.05, 4.69) is 0 Å². The number of rotatable bonds is 45. The van der Waals surface area contributed by atoms with E-state index in [-0.39, 0.29) is 98.1 Å². The zero-order chi connectivity index (χ0) is 46.5. The van der Waals surface area contributed by atoms with Crippen LogP contribution in [0.1, 0.15) is 106 Å². The lowest BCUT2D eigenvalue weighted by Gasteiger charge is -2.37. The normalized spacial score (nSPS) is 15.5. The Labute approximate surface area is 387 Å². The van der Waals surface area contributed by atoms with Gasteiger partial charge in [0.15, 0.2) is 0 Å². The first-order valence-electron chi connectivity index (χ1n) is 23.1. The summed E-state index contributed by atoms with van der Waals surface area (Å²) in [6.07, 6.45) is 2.40. The smallest absolute Gasteiger partial charge is 0.306 e. The van der Waals surface area contributed by atoms with Crippen LogP contribution >= 0.6 is 0 Å². The van der Waals surface area contributed by atoms with Crippen LogP contribution in [0.5, 0.6) is 0 Å². The zero-order valence-corrected chi connectivity index (χ0v) is 39.3. The Hall–Kier alpha value is -1.62. The summed E-state index contributed by atoms with van der Waals surface area (Å²) >= 11 is 0. The van der Waals surface area contributed by atoms with Crippen LogP contribution in [0.25, 0.3) is 0 Å². The lowest BCUT2D eigenvalue weighted by atomic mass is 10.2. The Morgan fingerprint density at radius 2 is 0.703 bits per heavy atom. The van der Waals surface area contributed by atoms with Crippen molar-refractivity contribution in [2.24, 2.45) is 0 Å². The molecule has 0 aliphatic rings. The number of hydrogen-bond acceptors (Lipinski definition) is 16. The molecule has 0 aliphatic carbocycles. The van der Waals surface area contributed by atoms with Crippen molar-refractivity contribution < 1.29 is 87.1 Å². The van der Waals surface area contributed by atoms with Crippen molar-refractivity contribution in [3.8, 4) is 0 Å². The van der Waals surface area contributed by atoms with E-state index in [1.54, 1.807) is 0 Å². The van der Waals surface area contributed by atoms with Crippen molar-refractivity contribution in [3.63, 3.8) is 0 Å². The second-order valence-electron chi connectivity index (χ2n) is 17.3. The second-order valence-corrected chi connectivity index (χ2v) is 17.3. The summed E-state index contributed by atoms with van der Waals surface area (Å²) in [5.41, 5.74) is 0. The minimum Gasteiger partial charge on any atom is -0.460 e. The molecule has 0 bridgehead atoms. The molecule has 0 spiro atoms. The number of esters is 2. The molecule has 0 radical (unpaired) electrons. The van der Waals surface area contributed by atoms with Gasteiger partial charge in [0.05, 0.1) is 91.9 Å². The van der Waals surface area contributed by atoms with Crippen molar-refractivity contribution in [2.45, 2.75) is 143 Å². The van der Waals surface area contributed by atoms with Gasteiger partial charge in [-0.15, -0.1) is 0 Å². The monoisotopic (exact) mass is 935 g/mol. The molecule has 0 aromatic carbocycles. The molecule has 0 amide bonds. The number of carbonyl (C=O) groups excluding carboxylic acids is 2. The predicted molar refractivity (Wildman–Crippen MR) is 247 cm³/mol. The molecular formula is C46H98N2O16+2. The molecule has 386 valence electrons. The Balaban J connectivity index is -0.0000186. The molecule has 6 N–H and O–H groups in total. The van der Waals surface area contributed by atoms with E-state index < -0.39 is 48.6 Å². The van der Waals surface area contributed by atoms with Gasteiger partial charge < -0.3 is 77.5 Å². The molecular weight excluding hydrogens is 837 g/mol.